The Morgan fingerprint density at radius 2 is 1.97 bits per heavy atom. The molecule has 2 aliphatic rings. The number of ether oxygens (including phenoxy) is 2. The van der Waals surface area contributed by atoms with Crippen LogP contribution < -0.4 is 9.46 Å². The number of hydrogen-bond donors (Lipinski definition) is 2. The largest absolute Gasteiger partial charge is 0.495 e. The summed E-state index contributed by atoms with van der Waals surface area (Å²) in [7, 11) is -2.38. The van der Waals surface area contributed by atoms with Crippen LogP contribution in [0.3, 0.4) is 0 Å². The summed E-state index contributed by atoms with van der Waals surface area (Å²) in [5.74, 6) is 0.801. The Bertz CT molecular complexity index is 1010. The fourth-order valence-electron chi connectivity index (χ4n) is 4.87. The fraction of sp³-hybridized carbons (Fsp3) is 0.652. The van der Waals surface area contributed by atoms with Gasteiger partial charge < -0.3 is 14.6 Å². The molecule has 2 heterocycles. The number of nitrogens with zero attached hydrogens (tertiary/aromatic N) is 3. The topological polar surface area (TPSA) is 116 Å². The van der Waals surface area contributed by atoms with E-state index < -0.39 is 22.2 Å². The van der Waals surface area contributed by atoms with Gasteiger partial charge in [-0.2, -0.15) is 0 Å². The molecule has 1 aromatic heterocycles. The minimum atomic E-state index is -3.81. The van der Waals surface area contributed by atoms with E-state index >= 15 is 0 Å². The van der Waals surface area contributed by atoms with E-state index in [0.717, 1.165) is 12.1 Å². The zero-order valence-corrected chi connectivity index (χ0v) is 19.9. The number of rotatable bonds is 9. The molecule has 4 rings (SSSR count). The van der Waals surface area contributed by atoms with Crippen molar-refractivity contribution in [1.29, 1.82) is 0 Å². The van der Waals surface area contributed by atoms with Crippen LogP contribution in [0, 0.1) is 0 Å². The lowest BCUT2D eigenvalue weighted by Gasteiger charge is -2.36. The van der Waals surface area contributed by atoms with Crippen LogP contribution in [0.4, 0.5) is 0 Å². The second kappa shape index (κ2) is 10.9. The Morgan fingerprint density at radius 3 is 2.73 bits per heavy atom. The molecule has 0 amide bonds. The summed E-state index contributed by atoms with van der Waals surface area (Å²) in [5.41, 5.74) is 1.08. The molecule has 1 aliphatic carbocycles. The maximum Gasteiger partial charge on any atom is 0.244 e. The highest BCUT2D eigenvalue weighted by Gasteiger charge is 2.34. The van der Waals surface area contributed by atoms with Gasteiger partial charge in [0.1, 0.15) is 10.6 Å². The summed E-state index contributed by atoms with van der Waals surface area (Å²) in [6, 6.07) is 5.97. The normalized spacial score (nSPS) is 24.6. The molecular formula is C23H34N4O5S. The number of aliphatic hydroxyl groups excluding tert-OH is 1. The Morgan fingerprint density at radius 1 is 1.18 bits per heavy atom. The molecule has 33 heavy (non-hydrogen) atoms. The number of nitrogens with one attached hydrogen (secondary N) is 1. The van der Waals surface area contributed by atoms with Crippen molar-refractivity contribution in [2.75, 3.05) is 13.7 Å². The summed E-state index contributed by atoms with van der Waals surface area (Å²) in [5, 5.41) is 18.5. The van der Waals surface area contributed by atoms with Crippen molar-refractivity contribution in [3.63, 3.8) is 0 Å². The van der Waals surface area contributed by atoms with Crippen LogP contribution in [0.2, 0.25) is 0 Å². The van der Waals surface area contributed by atoms with Gasteiger partial charge >= 0.3 is 0 Å². The van der Waals surface area contributed by atoms with Gasteiger partial charge in [-0.25, -0.2) is 13.1 Å². The van der Waals surface area contributed by atoms with Gasteiger partial charge in [-0.3, -0.25) is 4.68 Å². The highest BCUT2D eigenvalue weighted by Crippen LogP contribution is 2.31. The Labute approximate surface area is 195 Å². The molecule has 1 aromatic carbocycles. The highest BCUT2D eigenvalue weighted by molar-refractivity contribution is 7.89. The van der Waals surface area contributed by atoms with E-state index in [-0.39, 0.29) is 23.4 Å². The maximum absolute atomic E-state index is 12.9. The van der Waals surface area contributed by atoms with Gasteiger partial charge in [-0.1, -0.05) is 36.6 Å². The lowest BCUT2D eigenvalue weighted by Crippen LogP contribution is -2.51. The number of methoxy groups -OCH3 is 1. The minimum Gasteiger partial charge on any atom is -0.495 e. The molecule has 10 heteroatoms. The van der Waals surface area contributed by atoms with Gasteiger partial charge in [-0.05, 0) is 44.2 Å². The van der Waals surface area contributed by atoms with Gasteiger partial charge in [0.25, 0.3) is 0 Å². The average molecular weight is 479 g/mol. The molecule has 9 nitrogen and oxygen atoms in total. The number of sulfonamides is 1. The SMILES string of the molecule is COc1ccccc1S(=O)(=O)N[C@@H]1CC[C@@H](CCn2cc(C3CCCCC3)nn2)O[C@@H]1CO. The molecule has 1 aliphatic heterocycles. The van der Waals surface area contributed by atoms with E-state index in [2.05, 4.69) is 15.0 Å². The van der Waals surface area contributed by atoms with Crippen molar-refractivity contribution in [1.82, 2.24) is 19.7 Å². The van der Waals surface area contributed by atoms with Crippen LogP contribution >= 0.6 is 0 Å². The zero-order chi connectivity index (χ0) is 23.3. The molecule has 0 bridgehead atoms. The number of para-hydroxylation sites is 1. The maximum atomic E-state index is 12.9. The second-order valence-corrected chi connectivity index (χ2v) is 10.6. The van der Waals surface area contributed by atoms with Gasteiger partial charge in [0, 0.05) is 18.7 Å². The van der Waals surface area contributed by atoms with Crippen molar-refractivity contribution < 1.29 is 23.0 Å². The molecule has 1 saturated heterocycles. The van der Waals surface area contributed by atoms with Crippen LogP contribution in [-0.2, 0) is 21.3 Å². The first-order valence-electron chi connectivity index (χ1n) is 11.8. The molecule has 2 N–H and O–H groups in total. The number of hydrogen-bond acceptors (Lipinski definition) is 7. The van der Waals surface area contributed by atoms with E-state index in [0.29, 0.717) is 25.3 Å². The third kappa shape index (κ3) is 5.92. The summed E-state index contributed by atoms with van der Waals surface area (Å²) in [4.78, 5) is 0.0752. The van der Waals surface area contributed by atoms with Crippen molar-refractivity contribution >= 4 is 10.0 Å². The number of aromatic nitrogens is 3. The summed E-state index contributed by atoms with van der Waals surface area (Å²) in [6.07, 6.45) is 9.58. The molecular weight excluding hydrogens is 444 g/mol. The first kappa shape index (κ1) is 24.1. The molecule has 0 radical (unpaired) electrons. The second-order valence-electron chi connectivity index (χ2n) is 8.97. The van der Waals surface area contributed by atoms with E-state index in [4.69, 9.17) is 9.47 Å². The lowest BCUT2D eigenvalue weighted by molar-refractivity contribution is -0.0891. The monoisotopic (exact) mass is 478 g/mol. The third-order valence-electron chi connectivity index (χ3n) is 6.72. The number of benzene rings is 1. The molecule has 3 atom stereocenters. The van der Waals surface area contributed by atoms with Crippen molar-refractivity contribution in [2.24, 2.45) is 0 Å². The number of aryl methyl sites for hydroxylation is 1. The Kier molecular flexibility index (Phi) is 8.00. The van der Waals surface area contributed by atoms with Crippen molar-refractivity contribution in [3.8, 4) is 5.75 Å². The first-order valence-corrected chi connectivity index (χ1v) is 13.3. The Hall–Kier alpha value is -2.01. The van der Waals surface area contributed by atoms with Crippen LogP contribution in [0.1, 0.15) is 63.0 Å². The van der Waals surface area contributed by atoms with Crippen LogP contribution in [0.25, 0.3) is 0 Å². The van der Waals surface area contributed by atoms with E-state index in [1.54, 1.807) is 18.2 Å². The quantitative estimate of drug-likeness (QED) is 0.569. The summed E-state index contributed by atoms with van der Waals surface area (Å²) >= 11 is 0. The summed E-state index contributed by atoms with van der Waals surface area (Å²) in [6.45, 7) is 0.422. The van der Waals surface area contributed by atoms with Crippen molar-refractivity contribution in [2.45, 2.75) is 87.0 Å². The molecule has 182 valence electrons. The predicted octanol–water partition coefficient (Wildman–Crippen LogP) is 2.61. The van der Waals surface area contributed by atoms with E-state index in [1.165, 1.54) is 45.3 Å². The fourth-order valence-corrected chi connectivity index (χ4v) is 6.34. The van der Waals surface area contributed by atoms with Gasteiger partial charge in [-0.15, -0.1) is 5.10 Å². The summed E-state index contributed by atoms with van der Waals surface area (Å²) < 4.78 is 41.7. The molecule has 2 aromatic rings. The smallest absolute Gasteiger partial charge is 0.244 e. The van der Waals surface area contributed by atoms with E-state index in [9.17, 15) is 13.5 Å². The van der Waals surface area contributed by atoms with Gasteiger partial charge in [0.2, 0.25) is 10.0 Å². The number of aliphatic hydroxyl groups is 1. The minimum absolute atomic E-state index is 0.0727. The molecule has 2 fully saturated rings. The zero-order valence-electron chi connectivity index (χ0n) is 19.1. The molecule has 1 saturated carbocycles. The van der Waals surface area contributed by atoms with Crippen LogP contribution in [-0.4, -0.2) is 60.5 Å². The Balaban J connectivity index is 1.32. The van der Waals surface area contributed by atoms with Crippen LogP contribution in [0.5, 0.6) is 5.75 Å². The van der Waals surface area contributed by atoms with Crippen LogP contribution in [0.15, 0.2) is 35.4 Å². The van der Waals surface area contributed by atoms with Gasteiger partial charge in [0.15, 0.2) is 0 Å². The lowest BCUT2D eigenvalue weighted by atomic mass is 9.87. The molecule has 0 unspecified atom stereocenters. The highest BCUT2D eigenvalue weighted by atomic mass is 32.2. The third-order valence-corrected chi connectivity index (χ3v) is 8.25. The average Bonchev–Trinajstić information content (AvgIpc) is 3.33. The predicted molar refractivity (Wildman–Crippen MR) is 123 cm³/mol. The standard InChI is InChI=1S/C23H34N4O5S/c1-31-21-9-5-6-10-23(21)33(29,30)25-19-12-11-18(32-22(19)16-28)13-14-27-15-20(24-26-27)17-7-3-2-4-8-17/h5-6,9-10,15,17-19,22,25,28H,2-4,7-8,11-14,16H2,1H3/t18-,19+,22+/m0/s1. The van der Waals surface area contributed by atoms with Gasteiger partial charge in [0.05, 0.1) is 37.7 Å². The van der Waals surface area contributed by atoms with E-state index in [1.807, 2.05) is 10.9 Å². The molecule has 0 spiro atoms. The van der Waals surface area contributed by atoms with Crippen molar-refractivity contribution in [3.05, 3.63) is 36.2 Å². The first-order chi connectivity index (χ1) is 16.0.